The Morgan fingerprint density at radius 1 is 0.456 bits per heavy atom. The lowest BCUT2D eigenvalue weighted by Crippen LogP contribution is -2.26. The summed E-state index contributed by atoms with van der Waals surface area (Å²) < 4.78 is 49.3. The van der Waals surface area contributed by atoms with E-state index in [4.69, 9.17) is 42.6 Å². The van der Waals surface area contributed by atoms with Gasteiger partial charge in [-0.15, -0.1) is 0 Å². The average molecular weight is 850 g/mol. The molecule has 0 unspecified atom stereocenters. The van der Waals surface area contributed by atoms with Crippen molar-refractivity contribution in [3.63, 3.8) is 0 Å². The van der Waals surface area contributed by atoms with Crippen LogP contribution in [0.1, 0.15) is 34.6 Å². The fraction of sp³-hybridized carbons (Fsp3) is 0.600. The largest absolute Gasteiger partial charge is 0.493 e. The normalized spacial score (nSPS) is 16.7. The van der Waals surface area contributed by atoms with Gasteiger partial charge in [-0.05, 0) is 99.5 Å². The first-order chi connectivity index (χ1) is 27.9. The van der Waals surface area contributed by atoms with Crippen LogP contribution in [0, 0.1) is 5.92 Å². The smallest absolute Gasteiger partial charge is 0.155 e. The van der Waals surface area contributed by atoms with Crippen LogP contribution in [0.2, 0.25) is 0 Å². The van der Waals surface area contributed by atoms with E-state index in [1.165, 1.54) is 26.2 Å². The van der Waals surface area contributed by atoms with Gasteiger partial charge in [0.1, 0.15) is 65.0 Å². The highest BCUT2D eigenvalue weighted by Gasteiger charge is 2.27. The molecule has 3 saturated heterocycles. The lowest BCUT2D eigenvalue weighted by molar-refractivity contribution is 0.0405. The van der Waals surface area contributed by atoms with Crippen LogP contribution in [0.3, 0.4) is 0 Å². The Hall–Kier alpha value is -2.13. The molecule has 3 aliphatic rings. The Bertz CT molecular complexity index is 1410. The molecule has 0 amide bonds. The Balaban J connectivity index is 0.000000190. The van der Waals surface area contributed by atoms with Gasteiger partial charge in [-0.25, -0.2) is 0 Å². The molecule has 0 aliphatic carbocycles. The van der Waals surface area contributed by atoms with E-state index in [0.29, 0.717) is 78.2 Å². The summed E-state index contributed by atoms with van der Waals surface area (Å²) in [4.78, 5) is 4.29. The van der Waals surface area contributed by atoms with Crippen LogP contribution in [0.4, 0.5) is 0 Å². The molecule has 318 valence electrons. The number of rotatable bonds is 19. The van der Waals surface area contributed by atoms with Crippen LogP contribution in [0.5, 0.6) is 17.2 Å². The maximum atomic E-state index is 5.69. The highest BCUT2D eigenvalue weighted by molar-refractivity contribution is 7.97. The lowest BCUT2D eigenvalue weighted by atomic mass is 10.2. The number of ether oxygens (including phenoxy) is 9. The van der Waals surface area contributed by atoms with E-state index in [0.717, 1.165) is 93.1 Å². The molecule has 3 aromatic rings. The van der Waals surface area contributed by atoms with E-state index in [1.807, 2.05) is 20.8 Å². The summed E-state index contributed by atoms with van der Waals surface area (Å²) in [5.74, 6) is 10.3. The molecule has 12 heteroatoms. The van der Waals surface area contributed by atoms with Crippen molar-refractivity contribution in [2.24, 2.45) is 5.92 Å². The Labute approximate surface area is 352 Å². The van der Waals surface area contributed by atoms with Crippen LogP contribution in [0.25, 0.3) is 0 Å². The Morgan fingerprint density at radius 2 is 0.807 bits per heavy atom. The first-order valence-corrected chi connectivity index (χ1v) is 25.3. The third-order valence-corrected chi connectivity index (χ3v) is 15.5. The Kier molecular flexibility index (Phi) is 24.3. The summed E-state index contributed by atoms with van der Waals surface area (Å²) in [6.07, 6.45) is 0.265. The zero-order chi connectivity index (χ0) is 40.3. The molecule has 3 fully saturated rings. The molecule has 3 aliphatic heterocycles. The zero-order valence-electron chi connectivity index (χ0n) is 35.1. The van der Waals surface area contributed by atoms with E-state index < -0.39 is 0 Å². The molecule has 9 nitrogen and oxygen atoms in total. The van der Waals surface area contributed by atoms with Gasteiger partial charge in [0.2, 0.25) is 0 Å². The van der Waals surface area contributed by atoms with Gasteiger partial charge in [-0.2, -0.15) is 0 Å². The van der Waals surface area contributed by atoms with Crippen molar-refractivity contribution in [2.75, 3.05) is 127 Å². The van der Waals surface area contributed by atoms with E-state index in [2.05, 4.69) is 86.6 Å². The van der Waals surface area contributed by atoms with Gasteiger partial charge in [0.05, 0.1) is 78.8 Å². The maximum absolute atomic E-state index is 5.69. The van der Waals surface area contributed by atoms with E-state index in [1.54, 1.807) is 0 Å². The Morgan fingerprint density at radius 3 is 1.18 bits per heavy atom. The molecule has 0 aromatic heterocycles. The summed E-state index contributed by atoms with van der Waals surface area (Å²) in [6, 6.07) is 25.6. The average Bonchev–Trinajstić information content (AvgIpc) is 3.26. The lowest BCUT2D eigenvalue weighted by Gasteiger charge is -2.14. The summed E-state index contributed by atoms with van der Waals surface area (Å²) in [5, 5.41) is 0. The van der Waals surface area contributed by atoms with Crippen LogP contribution < -0.4 is 14.2 Å². The third kappa shape index (κ3) is 20.1. The number of benzene rings is 3. The summed E-state index contributed by atoms with van der Waals surface area (Å²) in [5.41, 5.74) is 0. The number of hydrogen-bond acceptors (Lipinski definition) is 9. The van der Waals surface area contributed by atoms with Crippen molar-refractivity contribution in [1.29, 1.82) is 0 Å². The summed E-state index contributed by atoms with van der Waals surface area (Å²) in [6.45, 7) is 21.0. The summed E-state index contributed by atoms with van der Waals surface area (Å²) >= 11 is 0. The van der Waals surface area contributed by atoms with Crippen LogP contribution in [-0.2, 0) is 61.1 Å². The molecule has 0 saturated carbocycles. The van der Waals surface area contributed by atoms with Crippen molar-refractivity contribution in [1.82, 2.24) is 0 Å². The van der Waals surface area contributed by atoms with E-state index >= 15 is 0 Å². The van der Waals surface area contributed by atoms with Crippen molar-refractivity contribution in [3.8, 4) is 17.2 Å². The van der Waals surface area contributed by atoms with Crippen molar-refractivity contribution in [3.05, 3.63) is 72.8 Å². The molecular formula is C45H69O9S3+3. The van der Waals surface area contributed by atoms with Gasteiger partial charge in [0.25, 0.3) is 0 Å². The van der Waals surface area contributed by atoms with Gasteiger partial charge < -0.3 is 42.6 Å². The monoisotopic (exact) mass is 849 g/mol. The zero-order valence-corrected chi connectivity index (χ0v) is 37.6. The molecule has 57 heavy (non-hydrogen) atoms. The second kappa shape index (κ2) is 29.2. The minimum absolute atomic E-state index is 0.265. The number of hydrogen-bond donors (Lipinski definition) is 0. The van der Waals surface area contributed by atoms with Crippen molar-refractivity contribution < 1.29 is 42.6 Å². The van der Waals surface area contributed by atoms with Gasteiger partial charge >= 0.3 is 0 Å². The highest BCUT2D eigenvalue weighted by atomic mass is 32.2. The van der Waals surface area contributed by atoms with Gasteiger partial charge in [-0.3, -0.25) is 0 Å². The van der Waals surface area contributed by atoms with Gasteiger partial charge in [-0.1, -0.05) is 13.8 Å². The molecule has 3 heterocycles. The predicted molar refractivity (Wildman–Crippen MR) is 238 cm³/mol. The second-order valence-corrected chi connectivity index (χ2v) is 20.9. The topological polar surface area (TPSA) is 83.1 Å². The quantitative estimate of drug-likeness (QED) is 0.0909. The standard InChI is InChI=1S/C16H25O4S.C15H23O3S.C14H21O2S/c1-2-17-7-8-18-9-10-20-15-3-5-16(6-4-15)21-13-11-19-12-14-21;1-13(2)17-7-8-18-14-3-5-15(6-4-14)19-11-9-16-10-12-19;1-12(2)11-16-13-3-5-14(6-4-13)17-9-7-15-8-10-17/h3-6H,2,7-14H2,1H3;3-6,13H,7-12H2,1-2H3;3-6,12H,7-11H2,1-2H3/q3*+1. The maximum Gasteiger partial charge on any atom is 0.155 e. The fourth-order valence-corrected chi connectivity index (χ4v) is 11.3. The SMILES string of the molecule is CC(C)COc1ccc([S+]2CCOCC2)cc1.CC(C)OCCOc1ccc([S+]2CCOCC2)cc1.CCOCCOCCOc1ccc([S+]2CCOCC2)cc1. The highest BCUT2D eigenvalue weighted by Crippen LogP contribution is 2.23. The minimum Gasteiger partial charge on any atom is -0.493 e. The molecule has 0 spiro atoms. The minimum atomic E-state index is 0.265. The molecule has 3 aromatic carbocycles. The van der Waals surface area contributed by atoms with Gasteiger partial charge in [0.15, 0.2) is 14.7 Å². The van der Waals surface area contributed by atoms with Crippen LogP contribution in [-0.4, -0.2) is 133 Å². The summed E-state index contributed by atoms with van der Waals surface area (Å²) in [7, 11) is 1.11. The fourth-order valence-electron chi connectivity index (χ4n) is 5.75. The third-order valence-electron chi connectivity index (χ3n) is 8.77. The van der Waals surface area contributed by atoms with Gasteiger partial charge in [0, 0.05) is 39.3 Å². The first-order valence-electron chi connectivity index (χ1n) is 20.6. The van der Waals surface area contributed by atoms with E-state index in [-0.39, 0.29) is 6.10 Å². The van der Waals surface area contributed by atoms with Crippen LogP contribution in [0.15, 0.2) is 87.5 Å². The molecule has 0 radical (unpaired) electrons. The van der Waals surface area contributed by atoms with E-state index in [9.17, 15) is 0 Å². The molecular weight excluding hydrogens is 781 g/mol. The molecule has 0 N–H and O–H groups in total. The predicted octanol–water partition coefficient (Wildman–Crippen LogP) is 7.35. The van der Waals surface area contributed by atoms with Crippen LogP contribution >= 0.6 is 0 Å². The molecule has 0 bridgehead atoms. The second-order valence-electron chi connectivity index (χ2n) is 14.1. The van der Waals surface area contributed by atoms with Crippen molar-refractivity contribution in [2.45, 2.75) is 55.4 Å². The van der Waals surface area contributed by atoms with Crippen molar-refractivity contribution >= 4 is 32.7 Å². The molecule has 0 atom stereocenters. The first kappa shape index (κ1) is 47.5. The molecule has 6 rings (SSSR count).